The summed E-state index contributed by atoms with van der Waals surface area (Å²) in [6.45, 7) is 8.19. The Labute approximate surface area is 124 Å². The normalized spacial score (nSPS) is 11.9. The Morgan fingerprint density at radius 2 is 1.86 bits per heavy atom. The smallest absolute Gasteiger partial charge is 0.272 e. The minimum absolute atomic E-state index is 0.0283. The number of hydrogen-bond acceptors (Lipinski definition) is 5. The summed E-state index contributed by atoms with van der Waals surface area (Å²) in [5, 5.41) is 8.39. The molecule has 1 rings (SSSR count). The molecule has 7 heteroatoms. The van der Waals surface area contributed by atoms with Gasteiger partial charge in [0.1, 0.15) is 17.6 Å². The van der Waals surface area contributed by atoms with Gasteiger partial charge < -0.3 is 16.0 Å². The van der Waals surface area contributed by atoms with Crippen molar-refractivity contribution in [3.63, 3.8) is 0 Å². The Balaban J connectivity index is 2.57. The highest BCUT2D eigenvalue weighted by Crippen LogP contribution is 2.01. The Bertz CT molecular complexity index is 473. The number of nitrogens with one attached hydrogen (secondary N) is 3. The highest BCUT2D eigenvalue weighted by atomic mass is 16.2. The van der Waals surface area contributed by atoms with Crippen LogP contribution in [0.25, 0.3) is 0 Å². The maximum absolute atomic E-state index is 12.0. The third-order valence-electron chi connectivity index (χ3n) is 2.61. The Morgan fingerprint density at radius 1 is 1.14 bits per heavy atom. The maximum Gasteiger partial charge on any atom is 0.272 e. The summed E-state index contributed by atoms with van der Waals surface area (Å²) in [5.74, 6) is -0.0255. The average Bonchev–Trinajstić information content (AvgIpc) is 2.44. The highest BCUT2D eigenvalue weighted by Gasteiger charge is 2.18. The highest BCUT2D eigenvalue weighted by molar-refractivity contribution is 5.95. The zero-order valence-corrected chi connectivity index (χ0v) is 12.9. The van der Waals surface area contributed by atoms with Gasteiger partial charge in [-0.25, -0.2) is 9.97 Å². The first-order valence-electron chi connectivity index (χ1n) is 7.11. The van der Waals surface area contributed by atoms with Crippen molar-refractivity contribution in [2.24, 2.45) is 0 Å². The van der Waals surface area contributed by atoms with E-state index in [0.29, 0.717) is 5.82 Å². The molecule has 0 saturated heterocycles. The fourth-order valence-corrected chi connectivity index (χ4v) is 1.54. The quantitative estimate of drug-likeness (QED) is 0.695. The predicted octanol–water partition coefficient (Wildman–Crippen LogP) is 0.941. The molecule has 0 aliphatic rings. The molecule has 2 amide bonds. The van der Waals surface area contributed by atoms with Gasteiger partial charge in [0.2, 0.25) is 5.91 Å². The second kappa shape index (κ2) is 8.18. The van der Waals surface area contributed by atoms with E-state index < -0.39 is 11.9 Å². The number of carbonyl (C=O) groups is 2. The summed E-state index contributed by atoms with van der Waals surface area (Å²) in [6.07, 6.45) is 3.87. The first-order chi connectivity index (χ1) is 9.93. The SMILES string of the molecule is CCCNc1cnc(C(=O)NC(C)C(=O)NC(C)C)cn1. The molecule has 1 unspecified atom stereocenters. The van der Waals surface area contributed by atoms with Gasteiger partial charge in [-0.05, 0) is 27.2 Å². The second-order valence-corrected chi connectivity index (χ2v) is 5.07. The van der Waals surface area contributed by atoms with Gasteiger partial charge in [0.25, 0.3) is 5.91 Å². The lowest BCUT2D eigenvalue weighted by Crippen LogP contribution is -2.46. The monoisotopic (exact) mass is 293 g/mol. The Morgan fingerprint density at radius 3 is 2.38 bits per heavy atom. The van der Waals surface area contributed by atoms with Crippen LogP contribution in [-0.4, -0.2) is 40.4 Å². The minimum atomic E-state index is -0.625. The molecular formula is C14H23N5O2. The fourth-order valence-electron chi connectivity index (χ4n) is 1.54. The molecule has 1 heterocycles. The maximum atomic E-state index is 12.0. The molecular weight excluding hydrogens is 270 g/mol. The average molecular weight is 293 g/mol. The lowest BCUT2D eigenvalue weighted by molar-refractivity contribution is -0.123. The second-order valence-electron chi connectivity index (χ2n) is 5.07. The van der Waals surface area contributed by atoms with Crippen LogP contribution in [0.1, 0.15) is 44.6 Å². The number of hydrogen-bond donors (Lipinski definition) is 3. The van der Waals surface area contributed by atoms with Crippen molar-refractivity contribution < 1.29 is 9.59 Å². The number of anilines is 1. The molecule has 0 radical (unpaired) electrons. The molecule has 0 fully saturated rings. The summed E-state index contributed by atoms with van der Waals surface area (Å²) >= 11 is 0. The van der Waals surface area contributed by atoms with Crippen LogP contribution in [0.15, 0.2) is 12.4 Å². The predicted molar refractivity (Wildman–Crippen MR) is 81.0 cm³/mol. The Hall–Kier alpha value is -2.18. The molecule has 1 aromatic rings. The van der Waals surface area contributed by atoms with Crippen LogP contribution in [0, 0.1) is 0 Å². The van der Waals surface area contributed by atoms with Gasteiger partial charge >= 0.3 is 0 Å². The van der Waals surface area contributed by atoms with Gasteiger partial charge in [-0.1, -0.05) is 6.92 Å². The molecule has 3 N–H and O–H groups in total. The molecule has 7 nitrogen and oxygen atoms in total. The van der Waals surface area contributed by atoms with E-state index in [4.69, 9.17) is 0 Å². The third kappa shape index (κ3) is 5.76. The van der Waals surface area contributed by atoms with Crippen LogP contribution in [0.2, 0.25) is 0 Å². The summed E-state index contributed by atoms with van der Waals surface area (Å²) in [4.78, 5) is 31.8. The van der Waals surface area contributed by atoms with Crippen molar-refractivity contribution in [2.45, 2.75) is 46.2 Å². The lowest BCUT2D eigenvalue weighted by atomic mass is 10.2. The first kappa shape index (κ1) is 16.9. The largest absolute Gasteiger partial charge is 0.369 e. The van der Waals surface area contributed by atoms with E-state index in [0.717, 1.165) is 13.0 Å². The van der Waals surface area contributed by atoms with E-state index >= 15 is 0 Å². The van der Waals surface area contributed by atoms with Crippen LogP contribution in [0.3, 0.4) is 0 Å². The number of carbonyl (C=O) groups excluding carboxylic acids is 2. The van der Waals surface area contributed by atoms with E-state index in [-0.39, 0.29) is 17.6 Å². The van der Waals surface area contributed by atoms with Crippen molar-refractivity contribution in [1.29, 1.82) is 0 Å². The van der Waals surface area contributed by atoms with E-state index in [2.05, 4.69) is 25.9 Å². The number of aromatic nitrogens is 2. The summed E-state index contributed by atoms with van der Waals surface area (Å²) < 4.78 is 0. The van der Waals surface area contributed by atoms with Gasteiger partial charge in [0.15, 0.2) is 0 Å². The lowest BCUT2D eigenvalue weighted by Gasteiger charge is -2.15. The number of rotatable bonds is 7. The third-order valence-corrected chi connectivity index (χ3v) is 2.61. The van der Waals surface area contributed by atoms with Crippen LogP contribution in [0.4, 0.5) is 5.82 Å². The molecule has 0 spiro atoms. The van der Waals surface area contributed by atoms with Crippen LogP contribution < -0.4 is 16.0 Å². The Kier molecular flexibility index (Phi) is 6.58. The van der Waals surface area contributed by atoms with Gasteiger partial charge in [-0.15, -0.1) is 0 Å². The summed E-state index contributed by atoms with van der Waals surface area (Å²) in [7, 11) is 0. The number of amides is 2. The van der Waals surface area contributed by atoms with E-state index in [1.165, 1.54) is 12.4 Å². The van der Waals surface area contributed by atoms with Gasteiger partial charge in [0, 0.05) is 12.6 Å². The molecule has 0 aliphatic carbocycles. The molecule has 0 aliphatic heterocycles. The van der Waals surface area contributed by atoms with Crippen molar-refractivity contribution >= 4 is 17.6 Å². The molecule has 116 valence electrons. The van der Waals surface area contributed by atoms with E-state index in [1.807, 2.05) is 20.8 Å². The topological polar surface area (TPSA) is 96.0 Å². The molecule has 1 atom stereocenters. The molecule has 0 aromatic carbocycles. The number of nitrogens with zero attached hydrogens (tertiary/aromatic N) is 2. The van der Waals surface area contributed by atoms with Crippen LogP contribution >= 0.6 is 0 Å². The van der Waals surface area contributed by atoms with Crippen molar-refractivity contribution in [3.05, 3.63) is 18.1 Å². The first-order valence-corrected chi connectivity index (χ1v) is 7.11. The zero-order chi connectivity index (χ0) is 15.8. The van der Waals surface area contributed by atoms with Gasteiger partial charge in [0.05, 0.1) is 12.4 Å². The van der Waals surface area contributed by atoms with Crippen molar-refractivity contribution in [1.82, 2.24) is 20.6 Å². The van der Waals surface area contributed by atoms with Gasteiger partial charge in [-0.3, -0.25) is 9.59 Å². The van der Waals surface area contributed by atoms with Gasteiger partial charge in [-0.2, -0.15) is 0 Å². The van der Waals surface area contributed by atoms with E-state index in [1.54, 1.807) is 6.92 Å². The summed E-state index contributed by atoms with van der Waals surface area (Å²) in [6, 6.07) is -0.597. The van der Waals surface area contributed by atoms with E-state index in [9.17, 15) is 9.59 Å². The summed E-state index contributed by atoms with van der Waals surface area (Å²) in [5.41, 5.74) is 0.182. The minimum Gasteiger partial charge on any atom is -0.369 e. The zero-order valence-electron chi connectivity index (χ0n) is 12.9. The van der Waals surface area contributed by atoms with Crippen LogP contribution in [0.5, 0.6) is 0 Å². The van der Waals surface area contributed by atoms with Crippen molar-refractivity contribution in [2.75, 3.05) is 11.9 Å². The fraction of sp³-hybridized carbons (Fsp3) is 0.571. The molecule has 1 aromatic heterocycles. The standard InChI is InChI=1S/C14H23N5O2/c1-5-6-15-12-8-16-11(7-17-12)14(21)19-10(4)13(20)18-9(2)3/h7-10H,5-6H2,1-4H3,(H,15,17)(H,18,20)(H,19,21). The molecule has 0 bridgehead atoms. The van der Waals surface area contributed by atoms with Crippen molar-refractivity contribution in [3.8, 4) is 0 Å². The molecule has 21 heavy (non-hydrogen) atoms. The van der Waals surface area contributed by atoms with Crippen LogP contribution in [-0.2, 0) is 4.79 Å². The molecule has 0 saturated carbocycles.